The van der Waals surface area contributed by atoms with Gasteiger partial charge in [-0.3, -0.25) is 15.1 Å². The Kier molecular flexibility index (Phi) is 10.6. The zero-order valence-electron chi connectivity index (χ0n) is 32.0. The van der Waals surface area contributed by atoms with Gasteiger partial charge in [-0.2, -0.15) is 9.97 Å². The summed E-state index contributed by atoms with van der Waals surface area (Å²) in [5, 5.41) is 3.03. The van der Waals surface area contributed by atoms with E-state index in [9.17, 15) is 9.59 Å². The number of aromatic nitrogens is 3. The highest BCUT2D eigenvalue weighted by atomic mass is 35.5. The number of thiazole rings is 1. The number of ether oxygens (including phenoxy) is 3. The molecule has 2 bridgehead atoms. The van der Waals surface area contributed by atoms with Gasteiger partial charge in [0, 0.05) is 49.2 Å². The molecule has 5 heterocycles. The topological polar surface area (TPSA) is 122 Å². The number of fused-ring (bicyclic) bond motifs is 4. The van der Waals surface area contributed by atoms with Crippen LogP contribution < -0.4 is 15.0 Å². The minimum atomic E-state index is -0.768. The van der Waals surface area contributed by atoms with Gasteiger partial charge in [0.05, 0.1) is 27.3 Å². The molecule has 0 radical (unpaired) electrons. The van der Waals surface area contributed by atoms with Gasteiger partial charge in [0.15, 0.2) is 10.9 Å². The highest BCUT2D eigenvalue weighted by molar-refractivity contribution is 7.22. The average molecular weight is 798 g/mol. The molecule has 0 aliphatic carbocycles. The lowest BCUT2D eigenvalue weighted by Gasteiger charge is -2.42. The van der Waals surface area contributed by atoms with Crippen LogP contribution in [0.3, 0.4) is 0 Å². The molecule has 16 heteroatoms. The van der Waals surface area contributed by atoms with Crippen LogP contribution in [0.5, 0.6) is 6.01 Å². The molecule has 2 amide bonds. The Labute approximate surface area is 327 Å². The molecule has 1 N–H and O–H groups in total. The van der Waals surface area contributed by atoms with Crippen LogP contribution in [0.25, 0.3) is 32.2 Å². The molecule has 3 aliphatic heterocycles. The summed E-state index contributed by atoms with van der Waals surface area (Å²) in [5.41, 5.74) is -1.15. The summed E-state index contributed by atoms with van der Waals surface area (Å²) in [5.74, 6) is -0.921. The molecule has 3 unspecified atom stereocenters. The summed E-state index contributed by atoms with van der Waals surface area (Å²) in [6, 6.07) is 3.95. The van der Waals surface area contributed by atoms with E-state index >= 15 is 8.78 Å². The third-order valence-electron chi connectivity index (χ3n) is 9.57. The summed E-state index contributed by atoms with van der Waals surface area (Å²) >= 11 is 7.85. The number of carbonyl (C=O) groups is 2. The molecule has 2 aromatic heterocycles. The SMILES string of the molecule is CC(CN1CC=CCC1)Oc1nc(N2CC3CCC(C2)N3C(=O)OC(C)(C)C)c2cc(Cl)c(-c3ccc(F)c4sc(NC(=O)OC(C)(C)C)nc34)c(F)c2n1. The Morgan fingerprint density at radius 2 is 1.71 bits per heavy atom. The van der Waals surface area contributed by atoms with E-state index < -0.39 is 28.9 Å². The Bertz CT molecular complexity index is 2160. The fourth-order valence-electron chi connectivity index (χ4n) is 7.45. The first kappa shape index (κ1) is 38.9. The van der Waals surface area contributed by atoms with Gasteiger partial charge in [0.25, 0.3) is 0 Å². The van der Waals surface area contributed by atoms with Crippen molar-refractivity contribution in [2.24, 2.45) is 0 Å². The van der Waals surface area contributed by atoms with Crippen molar-refractivity contribution < 1.29 is 32.6 Å². The van der Waals surface area contributed by atoms with Crippen LogP contribution in [0.4, 0.5) is 29.3 Å². The van der Waals surface area contributed by atoms with Crippen molar-refractivity contribution in [3.63, 3.8) is 0 Å². The number of amides is 2. The quantitative estimate of drug-likeness (QED) is 0.182. The predicted molar refractivity (Wildman–Crippen MR) is 210 cm³/mol. The molecule has 4 aromatic rings. The van der Waals surface area contributed by atoms with Crippen molar-refractivity contribution in [1.82, 2.24) is 24.8 Å². The molecular weight excluding hydrogens is 752 g/mol. The monoisotopic (exact) mass is 797 g/mol. The smallest absolute Gasteiger partial charge is 0.413 e. The van der Waals surface area contributed by atoms with Crippen molar-refractivity contribution in [3.8, 4) is 17.1 Å². The molecule has 55 heavy (non-hydrogen) atoms. The second-order valence-electron chi connectivity index (χ2n) is 16.3. The number of hydrogen-bond acceptors (Lipinski definition) is 11. The highest BCUT2D eigenvalue weighted by Crippen LogP contribution is 2.44. The number of hydrogen-bond donors (Lipinski definition) is 1. The predicted octanol–water partition coefficient (Wildman–Crippen LogP) is 8.80. The van der Waals surface area contributed by atoms with Crippen LogP contribution in [-0.2, 0) is 9.47 Å². The normalized spacial score (nSPS) is 19.6. The molecular formula is C39H46ClF2N7O5S. The lowest BCUT2D eigenvalue weighted by atomic mass is 10.0. The van der Waals surface area contributed by atoms with Crippen LogP contribution >= 0.6 is 22.9 Å². The highest BCUT2D eigenvalue weighted by Gasteiger charge is 2.45. The molecule has 2 aromatic carbocycles. The molecule has 294 valence electrons. The maximum Gasteiger partial charge on any atom is 0.413 e. The zero-order valence-corrected chi connectivity index (χ0v) is 33.6. The van der Waals surface area contributed by atoms with Crippen LogP contribution in [0, 0.1) is 11.6 Å². The van der Waals surface area contributed by atoms with Gasteiger partial charge in [0.2, 0.25) is 0 Å². The Morgan fingerprint density at radius 1 is 1.00 bits per heavy atom. The Hall–Kier alpha value is -4.34. The fraction of sp³-hybridized carbons (Fsp3) is 0.513. The average Bonchev–Trinajstić information content (AvgIpc) is 3.62. The zero-order chi connectivity index (χ0) is 39.4. The fourth-order valence-corrected chi connectivity index (χ4v) is 8.62. The molecule has 2 fully saturated rings. The maximum absolute atomic E-state index is 17.2. The van der Waals surface area contributed by atoms with Gasteiger partial charge in [-0.1, -0.05) is 35.1 Å². The Morgan fingerprint density at radius 3 is 2.36 bits per heavy atom. The molecule has 3 aliphatic rings. The van der Waals surface area contributed by atoms with E-state index in [1.165, 1.54) is 12.1 Å². The van der Waals surface area contributed by atoms with Crippen molar-refractivity contribution in [3.05, 3.63) is 47.0 Å². The van der Waals surface area contributed by atoms with Crippen LogP contribution in [0.15, 0.2) is 30.4 Å². The molecule has 12 nitrogen and oxygen atoms in total. The lowest BCUT2D eigenvalue weighted by Crippen LogP contribution is -2.57. The number of carbonyl (C=O) groups excluding carboxylic acids is 2. The van der Waals surface area contributed by atoms with E-state index in [2.05, 4.69) is 32.3 Å². The van der Waals surface area contributed by atoms with Gasteiger partial charge in [-0.05, 0) is 85.9 Å². The number of nitrogens with zero attached hydrogens (tertiary/aromatic N) is 6. The number of rotatable bonds is 7. The summed E-state index contributed by atoms with van der Waals surface area (Å²) in [7, 11) is 0. The van der Waals surface area contributed by atoms with E-state index in [1.54, 1.807) is 26.8 Å². The van der Waals surface area contributed by atoms with Crippen molar-refractivity contribution in [2.45, 2.75) is 97.1 Å². The number of piperazine rings is 1. The van der Waals surface area contributed by atoms with E-state index in [4.69, 9.17) is 30.8 Å². The van der Waals surface area contributed by atoms with Gasteiger partial charge >= 0.3 is 18.2 Å². The van der Waals surface area contributed by atoms with Crippen LogP contribution in [0.2, 0.25) is 5.02 Å². The van der Waals surface area contributed by atoms with Gasteiger partial charge in [0.1, 0.15) is 34.5 Å². The van der Waals surface area contributed by atoms with Gasteiger partial charge < -0.3 is 19.1 Å². The Balaban J connectivity index is 1.29. The first-order valence-electron chi connectivity index (χ1n) is 18.5. The minimum absolute atomic E-state index is 0.00148. The third-order valence-corrected chi connectivity index (χ3v) is 10.8. The molecule has 3 atom stereocenters. The van der Waals surface area contributed by atoms with Crippen molar-refractivity contribution in [1.29, 1.82) is 0 Å². The maximum atomic E-state index is 17.2. The molecule has 0 saturated carbocycles. The van der Waals surface area contributed by atoms with Crippen LogP contribution in [-0.4, -0.2) is 99.1 Å². The summed E-state index contributed by atoms with van der Waals surface area (Å²) in [6.07, 6.45) is 5.36. The summed E-state index contributed by atoms with van der Waals surface area (Å²) < 4.78 is 50.0. The number of nitrogens with one attached hydrogen (secondary N) is 1. The third kappa shape index (κ3) is 8.43. The van der Waals surface area contributed by atoms with Crippen molar-refractivity contribution >= 4 is 67.2 Å². The molecule has 0 spiro atoms. The summed E-state index contributed by atoms with van der Waals surface area (Å²) in [6.45, 7) is 15.8. The molecule has 2 saturated heterocycles. The van der Waals surface area contributed by atoms with E-state index in [-0.39, 0.29) is 67.3 Å². The first-order chi connectivity index (χ1) is 25.9. The van der Waals surface area contributed by atoms with Crippen LogP contribution in [0.1, 0.15) is 67.7 Å². The standard InChI is InChI=1S/C39H46ClF2N7O5S/c1-21(18-47-15-9-8-10-16-47)52-34-43-30-25(33(45-34)48-19-22-11-12-23(20-48)49(22)37(51)54-39(5,6)7)17-26(40)28(29(30)42)24-13-14-27(41)32-31(24)44-35(55-32)46-36(50)53-38(2,3)4/h8-9,13-14,17,21-23H,10-12,15-16,18-20H2,1-7H3,(H,44,46,50). The second-order valence-corrected chi connectivity index (χ2v) is 17.7. The number of halogens is 3. The molecule has 7 rings (SSSR count). The van der Waals surface area contributed by atoms with E-state index in [0.717, 1.165) is 43.7 Å². The number of benzene rings is 2. The minimum Gasteiger partial charge on any atom is -0.459 e. The van der Waals surface area contributed by atoms with Crippen molar-refractivity contribution in [2.75, 3.05) is 42.9 Å². The van der Waals surface area contributed by atoms with Gasteiger partial charge in [-0.25, -0.2) is 23.4 Å². The number of anilines is 2. The van der Waals surface area contributed by atoms with E-state index in [0.29, 0.717) is 30.8 Å². The van der Waals surface area contributed by atoms with E-state index in [1.807, 2.05) is 37.5 Å². The second kappa shape index (κ2) is 15.0. The first-order valence-corrected chi connectivity index (χ1v) is 19.7. The van der Waals surface area contributed by atoms with Gasteiger partial charge in [-0.15, -0.1) is 0 Å². The summed E-state index contributed by atoms with van der Waals surface area (Å²) in [4.78, 5) is 45.9. The largest absolute Gasteiger partial charge is 0.459 e. The lowest BCUT2D eigenvalue weighted by molar-refractivity contribution is 0.0122.